The van der Waals surface area contributed by atoms with Gasteiger partial charge in [-0.3, -0.25) is 9.59 Å². The highest BCUT2D eigenvalue weighted by atomic mass is 32.2. The summed E-state index contributed by atoms with van der Waals surface area (Å²) in [7, 11) is -3.26. The third kappa shape index (κ3) is 4.07. The number of nitrogens with one attached hydrogen (secondary N) is 1. The van der Waals surface area contributed by atoms with Gasteiger partial charge in [-0.15, -0.1) is 0 Å². The molecule has 0 spiro atoms. The zero-order valence-electron chi connectivity index (χ0n) is 12.7. The summed E-state index contributed by atoms with van der Waals surface area (Å²) in [6.07, 6.45) is 2.59. The molecule has 0 unspecified atom stereocenters. The van der Waals surface area contributed by atoms with E-state index in [4.69, 9.17) is 0 Å². The molecule has 7 heteroatoms. The summed E-state index contributed by atoms with van der Waals surface area (Å²) in [4.78, 5) is 25.4. The minimum absolute atomic E-state index is 0.0395. The largest absolute Gasteiger partial charge is 0.349 e. The Morgan fingerprint density at radius 2 is 1.68 bits per heavy atom. The van der Waals surface area contributed by atoms with Crippen molar-refractivity contribution in [3.05, 3.63) is 29.8 Å². The Balaban J connectivity index is 1.94. The molecule has 120 valence electrons. The summed E-state index contributed by atoms with van der Waals surface area (Å²) in [5, 5.41) is 2.93. The van der Waals surface area contributed by atoms with Crippen molar-refractivity contribution < 1.29 is 18.0 Å². The molecule has 2 rings (SSSR count). The van der Waals surface area contributed by atoms with Crippen molar-refractivity contribution in [2.24, 2.45) is 0 Å². The van der Waals surface area contributed by atoms with Gasteiger partial charge in [0.05, 0.1) is 4.90 Å². The summed E-state index contributed by atoms with van der Waals surface area (Å²) >= 11 is 0. The second-order valence-corrected chi connectivity index (χ2v) is 7.57. The van der Waals surface area contributed by atoms with Gasteiger partial charge in [0.1, 0.15) is 0 Å². The standard InChI is InChI=1S/C15H20N2O4S/c1-11(18)17-9-7-13(8-10-17)16-15(19)12-3-5-14(6-4-12)22(2,20)21/h3-6,13H,7-10H2,1-2H3,(H,16,19). The van der Waals surface area contributed by atoms with Crippen molar-refractivity contribution in [3.8, 4) is 0 Å². The first-order chi connectivity index (χ1) is 10.3. The van der Waals surface area contributed by atoms with E-state index in [-0.39, 0.29) is 22.8 Å². The zero-order valence-corrected chi connectivity index (χ0v) is 13.5. The van der Waals surface area contributed by atoms with E-state index in [0.29, 0.717) is 18.7 Å². The fourth-order valence-electron chi connectivity index (χ4n) is 2.46. The van der Waals surface area contributed by atoms with E-state index in [0.717, 1.165) is 19.1 Å². The average Bonchev–Trinajstić information content (AvgIpc) is 2.47. The predicted octanol–water partition coefficient (Wildman–Crippen LogP) is 0.831. The Morgan fingerprint density at radius 3 is 2.14 bits per heavy atom. The molecule has 0 aliphatic carbocycles. The lowest BCUT2D eigenvalue weighted by atomic mass is 10.0. The molecule has 22 heavy (non-hydrogen) atoms. The number of hydrogen-bond acceptors (Lipinski definition) is 4. The monoisotopic (exact) mass is 324 g/mol. The molecule has 1 heterocycles. The number of benzene rings is 1. The predicted molar refractivity (Wildman–Crippen MR) is 82.3 cm³/mol. The minimum Gasteiger partial charge on any atom is -0.349 e. The minimum atomic E-state index is -3.26. The Hall–Kier alpha value is -1.89. The van der Waals surface area contributed by atoms with Gasteiger partial charge in [-0.25, -0.2) is 8.42 Å². The summed E-state index contributed by atoms with van der Waals surface area (Å²) < 4.78 is 22.8. The van der Waals surface area contributed by atoms with Crippen molar-refractivity contribution >= 4 is 21.7 Å². The van der Waals surface area contributed by atoms with Crippen LogP contribution in [0.25, 0.3) is 0 Å². The first kappa shape index (κ1) is 16.5. The van der Waals surface area contributed by atoms with Gasteiger partial charge >= 0.3 is 0 Å². The Bertz CT molecular complexity index is 659. The van der Waals surface area contributed by atoms with E-state index < -0.39 is 9.84 Å². The lowest BCUT2D eigenvalue weighted by Crippen LogP contribution is -2.45. The SMILES string of the molecule is CC(=O)N1CCC(NC(=O)c2ccc(S(C)(=O)=O)cc2)CC1. The van der Waals surface area contributed by atoms with Crippen LogP contribution in [0.2, 0.25) is 0 Å². The van der Waals surface area contributed by atoms with Crippen LogP contribution in [0.1, 0.15) is 30.1 Å². The van der Waals surface area contributed by atoms with Crippen molar-refractivity contribution in [1.82, 2.24) is 10.2 Å². The van der Waals surface area contributed by atoms with Crippen LogP contribution in [0.15, 0.2) is 29.2 Å². The van der Waals surface area contributed by atoms with E-state index in [1.54, 1.807) is 11.8 Å². The van der Waals surface area contributed by atoms with Crippen LogP contribution in [-0.2, 0) is 14.6 Å². The normalized spacial score (nSPS) is 16.4. The van der Waals surface area contributed by atoms with E-state index in [1.807, 2.05) is 0 Å². The second-order valence-electron chi connectivity index (χ2n) is 5.55. The quantitative estimate of drug-likeness (QED) is 0.893. The summed E-state index contributed by atoms with van der Waals surface area (Å²) in [6, 6.07) is 5.93. The molecule has 1 aliphatic rings. The summed E-state index contributed by atoms with van der Waals surface area (Å²) in [5.41, 5.74) is 0.432. The van der Waals surface area contributed by atoms with E-state index in [1.165, 1.54) is 24.3 Å². The van der Waals surface area contributed by atoms with Crippen LogP contribution in [-0.4, -0.2) is 50.5 Å². The number of carbonyl (C=O) groups is 2. The highest BCUT2D eigenvalue weighted by Gasteiger charge is 2.22. The molecule has 0 bridgehead atoms. The smallest absolute Gasteiger partial charge is 0.251 e. The number of sulfone groups is 1. The van der Waals surface area contributed by atoms with Crippen LogP contribution in [0.3, 0.4) is 0 Å². The fourth-order valence-corrected chi connectivity index (χ4v) is 3.09. The van der Waals surface area contributed by atoms with Crippen molar-refractivity contribution in [3.63, 3.8) is 0 Å². The number of rotatable bonds is 3. The van der Waals surface area contributed by atoms with Crippen molar-refractivity contribution in [2.45, 2.75) is 30.7 Å². The van der Waals surface area contributed by atoms with E-state index in [9.17, 15) is 18.0 Å². The molecule has 2 amide bonds. The van der Waals surface area contributed by atoms with Gasteiger partial charge in [0.15, 0.2) is 9.84 Å². The molecule has 1 aromatic rings. The Kier molecular flexibility index (Phi) is 4.85. The molecule has 0 aromatic heterocycles. The van der Waals surface area contributed by atoms with Crippen molar-refractivity contribution in [2.75, 3.05) is 19.3 Å². The van der Waals surface area contributed by atoms with E-state index in [2.05, 4.69) is 5.32 Å². The number of nitrogens with zero attached hydrogens (tertiary/aromatic N) is 1. The summed E-state index contributed by atoms with van der Waals surface area (Å²) in [5.74, 6) is -0.164. The van der Waals surface area contributed by atoms with Crippen LogP contribution in [0.4, 0.5) is 0 Å². The molecular weight excluding hydrogens is 304 g/mol. The molecule has 6 nitrogen and oxygen atoms in total. The number of carbonyl (C=O) groups excluding carboxylic acids is 2. The topological polar surface area (TPSA) is 83.6 Å². The average molecular weight is 324 g/mol. The fraction of sp³-hybridized carbons (Fsp3) is 0.467. The maximum absolute atomic E-state index is 12.1. The second kappa shape index (κ2) is 6.48. The Morgan fingerprint density at radius 1 is 1.14 bits per heavy atom. The van der Waals surface area contributed by atoms with Gasteiger partial charge < -0.3 is 10.2 Å². The van der Waals surface area contributed by atoms with Crippen LogP contribution >= 0.6 is 0 Å². The molecule has 1 aromatic carbocycles. The third-order valence-electron chi connectivity index (χ3n) is 3.82. The Labute approximate surface area is 130 Å². The van der Waals surface area contributed by atoms with Gasteiger partial charge in [-0.1, -0.05) is 0 Å². The molecule has 1 N–H and O–H groups in total. The van der Waals surface area contributed by atoms with Crippen LogP contribution in [0.5, 0.6) is 0 Å². The molecule has 1 fully saturated rings. The van der Waals surface area contributed by atoms with Crippen molar-refractivity contribution in [1.29, 1.82) is 0 Å². The van der Waals surface area contributed by atoms with Gasteiger partial charge in [0, 0.05) is 37.9 Å². The van der Waals surface area contributed by atoms with Gasteiger partial charge in [-0.2, -0.15) is 0 Å². The molecule has 1 saturated heterocycles. The number of hydrogen-bond donors (Lipinski definition) is 1. The first-order valence-electron chi connectivity index (χ1n) is 7.14. The summed E-state index contributed by atoms with van der Waals surface area (Å²) in [6.45, 7) is 2.84. The van der Waals surface area contributed by atoms with Gasteiger partial charge in [-0.05, 0) is 37.1 Å². The molecular formula is C15H20N2O4S. The van der Waals surface area contributed by atoms with Gasteiger partial charge in [0.2, 0.25) is 5.91 Å². The van der Waals surface area contributed by atoms with E-state index >= 15 is 0 Å². The number of amides is 2. The molecule has 1 aliphatic heterocycles. The third-order valence-corrected chi connectivity index (χ3v) is 4.95. The van der Waals surface area contributed by atoms with Gasteiger partial charge in [0.25, 0.3) is 5.91 Å². The molecule has 0 saturated carbocycles. The lowest BCUT2D eigenvalue weighted by molar-refractivity contribution is -0.129. The first-order valence-corrected chi connectivity index (χ1v) is 9.03. The maximum atomic E-state index is 12.1. The van der Waals surface area contributed by atoms with Crippen LogP contribution < -0.4 is 5.32 Å². The maximum Gasteiger partial charge on any atom is 0.251 e. The number of likely N-dealkylation sites (tertiary alicyclic amines) is 1. The number of piperidine rings is 1. The highest BCUT2D eigenvalue weighted by molar-refractivity contribution is 7.90. The molecule has 0 atom stereocenters. The van der Waals surface area contributed by atoms with Crippen LogP contribution in [0, 0.1) is 0 Å². The zero-order chi connectivity index (χ0) is 16.3. The lowest BCUT2D eigenvalue weighted by Gasteiger charge is -2.31. The molecule has 0 radical (unpaired) electrons. The highest BCUT2D eigenvalue weighted by Crippen LogP contribution is 2.13.